The lowest BCUT2D eigenvalue weighted by Gasteiger charge is -2.08. The predicted molar refractivity (Wildman–Crippen MR) is 94.9 cm³/mol. The molecular weight excluding hydrogens is 358 g/mol. The first-order valence-electron chi connectivity index (χ1n) is 7.49. The molecule has 0 radical (unpaired) electrons. The molecule has 2 aromatic heterocycles. The number of hydrogen-bond acceptors (Lipinski definition) is 7. The number of carbonyl (C=O) groups is 3. The Morgan fingerprint density at radius 1 is 1.04 bits per heavy atom. The molecule has 0 bridgehead atoms. The fourth-order valence-corrected chi connectivity index (χ4v) is 3.20. The molecular formula is C17H15N3O5S. The number of esters is 2. The Morgan fingerprint density at radius 2 is 1.65 bits per heavy atom. The Labute approximate surface area is 152 Å². The van der Waals surface area contributed by atoms with Gasteiger partial charge in [-0.15, -0.1) is 11.3 Å². The molecule has 9 heteroatoms. The summed E-state index contributed by atoms with van der Waals surface area (Å²) in [7, 11) is 2.45. The van der Waals surface area contributed by atoms with Crippen LogP contribution in [-0.2, 0) is 9.47 Å². The van der Waals surface area contributed by atoms with E-state index in [0.717, 1.165) is 4.88 Å². The van der Waals surface area contributed by atoms with E-state index in [4.69, 9.17) is 0 Å². The van der Waals surface area contributed by atoms with Crippen molar-refractivity contribution < 1.29 is 23.9 Å². The van der Waals surface area contributed by atoms with Crippen LogP contribution in [0.25, 0.3) is 4.96 Å². The summed E-state index contributed by atoms with van der Waals surface area (Å²) in [4.78, 5) is 42.1. The lowest BCUT2D eigenvalue weighted by atomic mass is 10.1. The zero-order valence-corrected chi connectivity index (χ0v) is 15.0. The van der Waals surface area contributed by atoms with Crippen molar-refractivity contribution in [1.29, 1.82) is 0 Å². The number of rotatable bonds is 4. The maximum atomic E-state index is 12.5. The number of imidazole rings is 1. The molecule has 134 valence electrons. The number of methoxy groups -OCH3 is 2. The molecule has 0 fully saturated rings. The van der Waals surface area contributed by atoms with Crippen molar-refractivity contribution in [3.8, 4) is 0 Å². The molecule has 0 aliphatic carbocycles. The first-order valence-corrected chi connectivity index (χ1v) is 8.31. The molecule has 0 saturated heterocycles. The van der Waals surface area contributed by atoms with Crippen molar-refractivity contribution in [2.24, 2.45) is 0 Å². The fourth-order valence-electron chi connectivity index (χ4n) is 2.39. The molecule has 0 aliphatic rings. The van der Waals surface area contributed by atoms with E-state index in [1.165, 1.54) is 43.8 Å². The van der Waals surface area contributed by atoms with Gasteiger partial charge in [-0.2, -0.15) is 0 Å². The number of benzene rings is 1. The molecule has 1 N–H and O–H groups in total. The number of anilines is 1. The van der Waals surface area contributed by atoms with Gasteiger partial charge >= 0.3 is 11.9 Å². The summed E-state index contributed by atoms with van der Waals surface area (Å²) in [6.45, 7) is 1.95. The van der Waals surface area contributed by atoms with E-state index in [2.05, 4.69) is 19.8 Å². The van der Waals surface area contributed by atoms with Crippen LogP contribution >= 0.6 is 11.3 Å². The summed E-state index contributed by atoms with van der Waals surface area (Å²) in [5.74, 6) is -1.73. The largest absolute Gasteiger partial charge is 0.465 e. The van der Waals surface area contributed by atoms with Gasteiger partial charge in [0.2, 0.25) is 0 Å². The highest BCUT2D eigenvalue weighted by Crippen LogP contribution is 2.20. The third kappa shape index (κ3) is 3.42. The van der Waals surface area contributed by atoms with Crippen molar-refractivity contribution in [2.45, 2.75) is 6.92 Å². The maximum Gasteiger partial charge on any atom is 0.337 e. The number of hydrogen-bond donors (Lipinski definition) is 1. The molecule has 3 aromatic rings. The summed E-state index contributed by atoms with van der Waals surface area (Å²) < 4.78 is 11.1. The summed E-state index contributed by atoms with van der Waals surface area (Å²) in [6.07, 6.45) is 3.48. The lowest BCUT2D eigenvalue weighted by molar-refractivity contribution is 0.0599. The van der Waals surface area contributed by atoms with Crippen molar-refractivity contribution in [3.63, 3.8) is 0 Å². The SMILES string of the molecule is COC(=O)c1cc(NC(=O)c2cn3cc(C)sc3n2)cc(C(=O)OC)c1. The molecule has 0 aliphatic heterocycles. The van der Waals surface area contributed by atoms with Gasteiger partial charge in [0, 0.05) is 23.0 Å². The fraction of sp³-hybridized carbons (Fsp3) is 0.176. The molecule has 2 heterocycles. The number of aromatic nitrogens is 2. The van der Waals surface area contributed by atoms with Crippen LogP contribution in [0, 0.1) is 6.92 Å². The number of nitrogens with zero attached hydrogens (tertiary/aromatic N) is 2. The maximum absolute atomic E-state index is 12.5. The Balaban J connectivity index is 1.91. The number of aryl methyl sites for hydroxylation is 1. The van der Waals surface area contributed by atoms with Crippen LogP contribution < -0.4 is 5.32 Å². The van der Waals surface area contributed by atoms with Gasteiger partial charge in [-0.1, -0.05) is 0 Å². The van der Waals surface area contributed by atoms with E-state index in [9.17, 15) is 14.4 Å². The molecule has 1 amide bonds. The van der Waals surface area contributed by atoms with Gasteiger partial charge < -0.3 is 14.8 Å². The normalized spacial score (nSPS) is 10.6. The highest BCUT2D eigenvalue weighted by molar-refractivity contribution is 7.17. The average Bonchev–Trinajstić information content (AvgIpc) is 3.17. The monoisotopic (exact) mass is 373 g/mol. The van der Waals surface area contributed by atoms with Gasteiger partial charge in [-0.25, -0.2) is 14.6 Å². The van der Waals surface area contributed by atoms with Crippen LogP contribution in [0.15, 0.2) is 30.6 Å². The summed E-state index contributed by atoms with van der Waals surface area (Å²) >= 11 is 1.46. The van der Waals surface area contributed by atoms with Gasteiger partial charge in [0.25, 0.3) is 5.91 Å². The molecule has 8 nitrogen and oxygen atoms in total. The number of thiazole rings is 1. The number of amides is 1. The van der Waals surface area contributed by atoms with Crippen LogP contribution in [0.5, 0.6) is 0 Å². The number of nitrogens with one attached hydrogen (secondary N) is 1. The highest BCUT2D eigenvalue weighted by atomic mass is 32.1. The zero-order valence-electron chi connectivity index (χ0n) is 14.2. The standard InChI is InChI=1S/C17H15N3O5S/c1-9-7-20-8-13(19-17(20)26-9)14(21)18-12-5-10(15(22)24-2)4-11(6-12)16(23)25-3/h4-8H,1-3H3,(H,18,21). The van der Waals surface area contributed by atoms with Crippen molar-refractivity contribution in [1.82, 2.24) is 9.38 Å². The second-order valence-corrected chi connectivity index (χ2v) is 6.61. The smallest absolute Gasteiger partial charge is 0.337 e. The van der Waals surface area contributed by atoms with Crippen LogP contribution in [0.4, 0.5) is 5.69 Å². The zero-order chi connectivity index (χ0) is 18.8. The Hall–Kier alpha value is -3.20. The molecule has 0 atom stereocenters. The van der Waals surface area contributed by atoms with Crippen molar-refractivity contribution in [3.05, 3.63) is 52.3 Å². The summed E-state index contributed by atoms with van der Waals surface area (Å²) in [5.41, 5.74) is 0.712. The molecule has 0 unspecified atom stereocenters. The molecule has 26 heavy (non-hydrogen) atoms. The Kier molecular flexibility index (Phi) is 4.72. The third-order valence-electron chi connectivity index (χ3n) is 3.54. The average molecular weight is 373 g/mol. The van der Waals surface area contributed by atoms with Gasteiger partial charge in [-0.05, 0) is 25.1 Å². The van der Waals surface area contributed by atoms with Crippen LogP contribution in [0.3, 0.4) is 0 Å². The summed E-state index contributed by atoms with van der Waals surface area (Å²) in [5, 5.41) is 2.64. The quantitative estimate of drug-likeness (QED) is 0.706. The van der Waals surface area contributed by atoms with Crippen LogP contribution in [-0.4, -0.2) is 41.5 Å². The molecule has 3 rings (SSSR count). The Bertz CT molecular complexity index is 955. The summed E-state index contributed by atoms with van der Waals surface area (Å²) in [6, 6.07) is 4.17. The van der Waals surface area contributed by atoms with Crippen molar-refractivity contribution in [2.75, 3.05) is 19.5 Å². The minimum absolute atomic E-state index is 0.118. The van der Waals surface area contributed by atoms with E-state index in [0.29, 0.717) is 4.96 Å². The van der Waals surface area contributed by atoms with E-state index >= 15 is 0 Å². The highest BCUT2D eigenvalue weighted by Gasteiger charge is 2.17. The lowest BCUT2D eigenvalue weighted by Crippen LogP contribution is -2.14. The predicted octanol–water partition coefficient (Wildman–Crippen LogP) is 2.53. The van der Waals surface area contributed by atoms with Crippen LogP contribution in [0.1, 0.15) is 36.1 Å². The number of fused-ring (bicyclic) bond motifs is 1. The minimum atomic E-state index is -0.635. The first-order chi connectivity index (χ1) is 12.4. The topological polar surface area (TPSA) is 99.0 Å². The first kappa shape index (κ1) is 17.6. The second kappa shape index (κ2) is 6.96. The van der Waals surface area contributed by atoms with E-state index in [1.807, 2.05) is 13.1 Å². The molecule has 0 saturated carbocycles. The van der Waals surface area contributed by atoms with E-state index in [-0.39, 0.29) is 22.5 Å². The third-order valence-corrected chi connectivity index (χ3v) is 4.45. The minimum Gasteiger partial charge on any atom is -0.465 e. The number of carbonyl (C=O) groups excluding carboxylic acids is 3. The molecule has 1 aromatic carbocycles. The van der Waals surface area contributed by atoms with E-state index < -0.39 is 17.8 Å². The van der Waals surface area contributed by atoms with Gasteiger partial charge in [0.05, 0.1) is 25.3 Å². The number of ether oxygens (including phenoxy) is 2. The van der Waals surface area contributed by atoms with Crippen molar-refractivity contribution >= 4 is 39.8 Å². The molecule has 0 spiro atoms. The Morgan fingerprint density at radius 3 is 2.19 bits per heavy atom. The van der Waals surface area contributed by atoms with Crippen LogP contribution in [0.2, 0.25) is 0 Å². The van der Waals surface area contributed by atoms with Gasteiger partial charge in [0.1, 0.15) is 5.69 Å². The van der Waals surface area contributed by atoms with Gasteiger partial charge in [0.15, 0.2) is 4.96 Å². The van der Waals surface area contributed by atoms with E-state index in [1.54, 1.807) is 10.6 Å². The second-order valence-electron chi connectivity index (χ2n) is 5.39. The van der Waals surface area contributed by atoms with Gasteiger partial charge in [-0.3, -0.25) is 9.20 Å².